The molecule has 1 amide bonds. The highest BCUT2D eigenvalue weighted by Crippen LogP contribution is 2.31. The number of carbonyl (C=O) groups is 1. The molecule has 0 spiro atoms. The molecule has 5 nitrogen and oxygen atoms in total. The molecule has 1 aliphatic carbocycles. The standard InChI is InChI=1S/C12H16BrN3O2/c13-8-4-10(12(18)15-6-8)16-11(17)9-3-1-2-7(9)5-14/h4,6-7,9H,1-3,5,14H2,(H,15,18)(H,16,17)/t7-,9-/m1/s1. The number of hydrogen-bond donors (Lipinski definition) is 3. The molecule has 0 aliphatic heterocycles. The number of pyridine rings is 1. The number of H-pyrrole nitrogens is 1. The minimum atomic E-state index is -0.297. The minimum Gasteiger partial charge on any atom is -0.330 e. The van der Waals surface area contributed by atoms with Crippen LogP contribution in [0.25, 0.3) is 0 Å². The maximum absolute atomic E-state index is 12.1. The number of carbonyl (C=O) groups excluding carboxylic acids is 1. The second kappa shape index (κ2) is 5.67. The van der Waals surface area contributed by atoms with E-state index < -0.39 is 0 Å². The fourth-order valence-electron chi connectivity index (χ4n) is 2.44. The topological polar surface area (TPSA) is 88.0 Å². The zero-order valence-electron chi connectivity index (χ0n) is 9.91. The van der Waals surface area contributed by atoms with Crippen molar-refractivity contribution < 1.29 is 4.79 Å². The summed E-state index contributed by atoms with van der Waals surface area (Å²) in [5.74, 6) is 0.0520. The number of anilines is 1. The Morgan fingerprint density at radius 2 is 2.33 bits per heavy atom. The summed E-state index contributed by atoms with van der Waals surface area (Å²) < 4.78 is 0.721. The van der Waals surface area contributed by atoms with E-state index in [4.69, 9.17) is 5.73 Å². The molecule has 98 valence electrons. The molecule has 18 heavy (non-hydrogen) atoms. The van der Waals surface area contributed by atoms with Crippen molar-refractivity contribution in [2.24, 2.45) is 17.6 Å². The maximum atomic E-state index is 12.1. The monoisotopic (exact) mass is 313 g/mol. The first-order chi connectivity index (χ1) is 8.61. The molecule has 1 fully saturated rings. The average Bonchev–Trinajstić information content (AvgIpc) is 2.82. The molecule has 0 saturated heterocycles. The van der Waals surface area contributed by atoms with Crippen LogP contribution in [0.1, 0.15) is 19.3 Å². The summed E-state index contributed by atoms with van der Waals surface area (Å²) in [7, 11) is 0. The van der Waals surface area contributed by atoms with Crippen LogP contribution in [-0.4, -0.2) is 17.4 Å². The van der Waals surface area contributed by atoms with Gasteiger partial charge in [0.05, 0.1) is 0 Å². The van der Waals surface area contributed by atoms with Gasteiger partial charge in [0, 0.05) is 16.6 Å². The van der Waals surface area contributed by atoms with Crippen molar-refractivity contribution in [3.8, 4) is 0 Å². The van der Waals surface area contributed by atoms with Crippen molar-refractivity contribution in [2.75, 3.05) is 11.9 Å². The highest BCUT2D eigenvalue weighted by Gasteiger charge is 2.32. The van der Waals surface area contributed by atoms with Crippen LogP contribution in [0.2, 0.25) is 0 Å². The Hall–Kier alpha value is -1.14. The van der Waals surface area contributed by atoms with Gasteiger partial charge in [-0.15, -0.1) is 0 Å². The minimum absolute atomic E-state index is 0.0756. The van der Waals surface area contributed by atoms with Crippen LogP contribution in [-0.2, 0) is 4.79 Å². The first-order valence-electron chi connectivity index (χ1n) is 6.01. The Bertz CT molecular complexity index is 500. The third-order valence-electron chi connectivity index (χ3n) is 3.42. The average molecular weight is 314 g/mol. The predicted octanol–water partition coefficient (Wildman–Crippen LogP) is 1.45. The second-order valence-corrected chi connectivity index (χ2v) is 5.50. The molecule has 6 heteroatoms. The number of hydrogen-bond acceptors (Lipinski definition) is 3. The smallest absolute Gasteiger partial charge is 0.271 e. The van der Waals surface area contributed by atoms with Gasteiger partial charge in [-0.3, -0.25) is 9.59 Å². The van der Waals surface area contributed by atoms with Gasteiger partial charge < -0.3 is 16.0 Å². The maximum Gasteiger partial charge on any atom is 0.271 e. The summed E-state index contributed by atoms with van der Waals surface area (Å²) in [6.45, 7) is 0.521. The van der Waals surface area contributed by atoms with Gasteiger partial charge >= 0.3 is 0 Å². The Morgan fingerprint density at radius 1 is 1.56 bits per heavy atom. The lowest BCUT2D eigenvalue weighted by molar-refractivity contribution is -0.120. The molecular formula is C12H16BrN3O2. The van der Waals surface area contributed by atoms with Crippen molar-refractivity contribution in [1.82, 2.24) is 4.98 Å². The highest BCUT2D eigenvalue weighted by molar-refractivity contribution is 9.10. The van der Waals surface area contributed by atoms with E-state index in [2.05, 4.69) is 26.2 Å². The number of rotatable bonds is 3. The molecule has 2 rings (SSSR count). The lowest BCUT2D eigenvalue weighted by Gasteiger charge is -2.17. The molecule has 1 saturated carbocycles. The van der Waals surface area contributed by atoms with Crippen molar-refractivity contribution in [3.63, 3.8) is 0 Å². The van der Waals surface area contributed by atoms with Gasteiger partial charge in [-0.05, 0) is 47.3 Å². The Morgan fingerprint density at radius 3 is 3.06 bits per heavy atom. The van der Waals surface area contributed by atoms with Gasteiger partial charge in [-0.25, -0.2) is 0 Å². The third-order valence-corrected chi connectivity index (χ3v) is 3.88. The lowest BCUT2D eigenvalue weighted by Crippen LogP contribution is -2.31. The van der Waals surface area contributed by atoms with Gasteiger partial charge in [0.25, 0.3) is 5.56 Å². The van der Waals surface area contributed by atoms with E-state index in [1.807, 2.05) is 0 Å². The van der Waals surface area contributed by atoms with Gasteiger partial charge in [-0.2, -0.15) is 0 Å². The normalized spacial score (nSPS) is 23.0. The fraction of sp³-hybridized carbons (Fsp3) is 0.500. The van der Waals surface area contributed by atoms with Gasteiger partial charge in [-0.1, -0.05) is 6.42 Å². The van der Waals surface area contributed by atoms with E-state index in [-0.39, 0.29) is 29.0 Å². The summed E-state index contributed by atoms with van der Waals surface area (Å²) in [4.78, 5) is 26.2. The molecule has 0 unspecified atom stereocenters. The van der Waals surface area contributed by atoms with E-state index in [0.717, 1.165) is 23.7 Å². The Kier molecular flexibility index (Phi) is 4.19. The molecule has 0 bridgehead atoms. The van der Waals surface area contributed by atoms with Crippen molar-refractivity contribution in [2.45, 2.75) is 19.3 Å². The molecule has 0 aromatic carbocycles. The van der Waals surface area contributed by atoms with Crippen LogP contribution in [0.4, 0.5) is 5.69 Å². The molecule has 1 heterocycles. The van der Waals surface area contributed by atoms with E-state index >= 15 is 0 Å². The van der Waals surface area contributed by atoms with Crippen LogP contribution >= 0.6 is 15.9 Å². The molecular weight excluding hydrogens is 298 g/mol. The lowest BCUT2D eigenvalue weighted by atomic mass is 9.95. The predicted molar refractivity (Wildman–Crippen MR) is 73.3 cm³/mol. The van der Waals surface area contributed by atoms with E-state index in [1.54, 1.807) is 6.07 Å². The van der Waals surface area contributed by atoms with Crippen LogP contribution in [0, 0.1) is 11.8 Å². The summed E-state index contributed by atoms with van der Waals surface area (Å²) >= 11 is 3.25. The zero-order valence-corrected chi connectivity index (χ0v) is 11.5. The SMILES string of the molecule is NC[C@H]1CCC[C@H]1C(=O)Nc1cc(Br)c[nH]c1=O. The summed E-state index contributed by atoms with van der Waals surface area (Å²) in [6, 6.07) is 1.60. The van der Waals surface area contributed by atoms with Crippen LogP contribution in [0.5, 0.6) is 0 Å². The van der Waals surface area contributed by atoms with Gasteiger partial charge in [0.15, 0.2) is 0 Å². The molecule has 1 aromatic heterocycles. The largest absolute Gasteiger partial charge is 0.330 e. The molecule has 1 aliphatic rings. The van der Waals surface area contributed by atoms with Gasteiger partial charge in [0.2, 0.25) is 5.91 Å². The van der Waals surface area contributed by atoms with Crippen LogP contribution < -0.4 is 16.6 Å². The van der Waals surface area contributed by atoms with Crippen LogP contribution in [0.15, 0.2) is 21.5 Å². The molecule has 0 radical (unpaired) electrons. The summed E-state index contributed by atoms with van der Waals surface area (Å²) in [5, 5.41) is 2.69. The Labute approximate surface area is 113 Å². The fourth-order valence-corrected chi connectivity index (χ4v) is 2.78. The van der Waals surface area contributed by atoms with Crippen molar-refractivity contribution in [3.05, 3.63) is 27.1 Å². The van der Waals surface area contributed by atoms with Crippen molar-refractivity contribution in [1.29, 1.82) is 0 Å². The Balaban J connectivity index is 2.11. The van der Waals surface area contributed by atoms with E-state index in [9.17, 15) is 9.59 Å². The first kappa shape index (κ1) is 13.3. The summed E-state index contributed by atoms with van der Waals surface area (Å²) in [5.41, 5.74) is 5.63. The number of halogens is 1. The highest BCUT2D eigenvalue weighted by atomic mass is 79.9. The number of nitrogens with one attached hydrogen (secondary N) is 2. The molecule has 2 atom stereocenters. The molecule has 4 N–H and O–H groups in total. The van der Waals surface area contributed by atoms with E-state index in [1.165, 1.54) is 6.20 Å². The number of aromatic nitrogens is 1. The number of amides is 1. The quantitative estimate of drug-likeness (QED) is 0.789. The van der Waals surface area contributed by atoms with Crippen molar-refractivity contribution >= 4 is 27.5 Å². The van der Waals surface area contributed by atoms with Crippen LogP contribution in [0.3, 0.4) is 0 Å². The number of aromatic amines is 1. The molecule has 1 aromatic rings. The first-order valence-corrected chi connectivity index (χ1v) is 6.80. The number of nitrogens with two attached hydrogens (primary N) is 1. The third kappa shape index (κ3) is 2.81. The van der Waals surface area contributed by atoms with Gasteiger partial charge in [0.1, 0.15) is 5.69 Å². The van der Waals surface area contributed by atoms with E-state index in [0.29, 0.717) is 6.54 Å². The zero-order chi connectivity index (χ0) is 13.1. The summed E-state index contributed by atoms with van der Waals surface area (Å²) in [6.07, 6.45) is 4.40. The second-order valence-electron chi connectivity index (χ2n) is 4.58.